The Morgan fingerprint density at radius 3 is 1.59 bits per heavy atom. The predicted octanol–water partition coefficient (Wildman–Crippen LogP) is 12.3. The average Bonchev–Trinajstić information content (AvgIpc) is 3.70. The van der Waals surface area contributed by atoms with E-state index in [4.69, 9.17) is 11.3 Å². The van der Waals surface area contributed by atoms with E-state index in [1.165, 1.54) is 0 Å². The van der Waals surface area contributed by atoms with Gasteiger partial charge in [0.05, 0.1) is 17.9 Å². The van der Waals surface area contributed by atoms with Crippen LogP contribution in [0, 0.1) is 0 Å². The quantitative estimate of drug-likeness (QED) is 0.187. The molecule has 214 valence electrons. The SMILES string of the molecule is [2H]c1c([2H])c([2H])c(-n2c3ccccc3c3cc(-c4c5ccccc5c(-c5ccc6oc7ccccc7c6c5)c5ccccc45)ccc32)c([2H])c1[2H]. The lowest BCUT2D eigenvalue weighted by atomic mass is 9.85. The van der Waals surface area contributed by atoms with Crippen LogP contribution in [-0.2, 0) is 0 Å². The normalized spacial score (nSPS) is 13.4. The molecule has 8 aromatic carbocycles. The number of hydrogen-bond donors (Lipinski definition) is 0. The third-order valence-electron chi connectivity index (χ3n) is 9.27. The van der Waals surface area contributed by atoms with E-state index >= 15 is 0 Å². The summed E-state index contributed by atoms with van der Waals surface area (Å²) in [4.78, 5) is 0. The van der Waals surface area contributed by atoms with Crippen molar-refractivity contribution < 1.29 is 11.3 Å². The molecule has 0 saturated heterocycles. The maximum absolute atomic E-state index is 8.79. The fourth-order valence-corrected chi connectivity index (χ4v) is 7.36. The van der Waals surface area contributed by atoms with Gasteiger partial charge in [-0.15, -0.1) is 0 Å². The van der Waals surface area contributed by atoms with Crippen molar-refractivity contribution in [3.05, 3.63) is 164 Å². The number of nitrogens with zero attached hydrogens (tertiary/aromatic N) is 1. The van der Waals surface area contributed by atoms with Gasteiger partial charge in [-0.2, -0.15) is 0 Å². The summed E-state index contributed by atoms with van der Waals surface area (Å²) in [5.41, 5.74) is 7.84. The van der Waals surface area contributed by atoms with Crippen LogP contribution in [0.25, 0.3) is 93.2 Å². The van der Waals surface area contributed by atoms with Crippen molar-refractivity contribution in [2.24, 2.45) is 0 Å². The summed E-state index contributed by atoms with van der Waals surface area (Å²) in [6, 6.07) is 44.3. The van der Waals surface area contributed by atoms with Gasteiger partial charge in [0.2, 0.25) is 0 Å². The highest BCUT2D eigenvalue weighted by Gasteiger charge is 2.19. The fourth-order valence-electron chi connectivity index (χ4n) is 7.36. The van der Waals surface area contributed by atoms with Gasteiger partial charge in [0.1, 0.15) is 11.2 Å². The molecule has 2 nitrogen and oxygen atoms in total. The Bertz CT molecular complexity index is 3020. The second-order valence-electron chi connectivity index (χ2n) is 11.7. The average molecular weight is 591 g/mol. The van der Waals surface area contributed by atoms with Gasteiger partial charge in [0.25, 0.3) is 0 Å². The van der Waals surface area contributed by atoms with Crippen molar-refractivity contribution in [3.8, 4) is 27.9 Å². The van der Waals surface area contributed by atoms with E-state index in [1.54, 1.807) is 0 Å². The van der Waals surface area contributed by atoms with Crippen LogP contribution in [0.5, 0.6) is 0 Å². The van der Waals surface area contributed by atoms with Crippen LogP contribution in [0.3, 0.4) is 0 Å². The van der Waals surface area contributed by atoms with E-state index in [1.807, 2.05) is 53.1 Å². The highest BCUT2D eigenvalue weighted by atomic mass is 16.3. The molecule has 0 saturated carbocycles. The zero-order chi connectivity index (χ0) is 34.5. The Morgan fingerprint density at radius 2 is 0.913 bits per heavy atom. The topological polar surface area (TPSA) is 18.1 Å². The third kappa shape index (κ3) is 3.59. The summed E-state index contributed by atoms with van der Waals surface area (Å²) in [5, 5.41) is 8.57. The monoisotopic (exact) mass is 590 g/mol. The first-order valence-electron chi connectivity index (χ1n) is 17.9. The molecule has 0 aliphatic heterocycles. The molecule has 2 heteroatoms. The minimum Gasteiger partial charge on any atom is -0.456 e. The largest absolute Gasteiger partial charge is 0.456 e. The van der Waals surface area contributed by atoms with E-state index in [-0.39, 0.29) is 29.9 Å². The van der Waals surface area contributed by atoms with Crippen molar-refractivity contribution in [2.75, 3.05) is 0 Å². The first-order valence-corrected chi connectivity index (χ1v) is 15.4. The molecule has 0 spiro atoms. The van der Waals surface area contributed by atoms with Crippen LogP contribution in [0.4, 0.5) is 0 Å². The van der Waals surface area contributed by atoms with Crippen LogP contribution in [-0.4, -0.2) is 4.57 Å². The first-order chi connectivity index (χ1) is 24.9. The summed E-state index contributed by atoms with van der Waals surface area (Å²) in [6.45, 7) is 0. The molecule has 0 aliphatic carbocycles. The molecule has 10 rings (SSSR count). The van der Waals surface area contributed by atoms with Crippen LogP contribution in [0.2, 0.25) is 0 Å². The lowest BCUT2D eigenvalue weighted by molar-refractivity contribution is 0.669. The van der Waals surface area contributed by atoms with Crippen molar-refractivity contribution >= 4 is 65.3 Å². The Kier molecular flexibility index (Phi) is 4.37. The Labute approximate surface area is 272 Å². The van der Waals surface area contributed by atoms with Gasteiger partial charge in [-0.3, -0.25) is 0 Å². The number of furan rings is 1. The van der Waals surface area contributed by atoms with E-state index in [9.17, 15) is 0 Å². The summed E-state index contributed by atoms with van der Waals surface area (Å²) in [5.74, 6) is 0. The molecule has 0 atom stereocenters. The second-order valence-corrected chi connectivity index (χ2v) is 11.7. The number of hydrogen-bond acceptors (Lipinski definition) is 1. The fraction of sp³-hybridized carbons (Fsp3) is 0. The van der Waals surface area contributed by atoms with Crippen molar-refractivity contribution in [2.45, 2.75) is 0 Å². The molecule has 46 heavy (non-hydrogen) atoms. The molecule has 0 bridgehead atoms. The number of fused-ring (bicyclic) bond motifs is 8. The highest BCUT2D eigenvalue weighted by molar-refractivity contribution is 6.23. The molecule has 2 heterocycles. The predicted molar refractivity (Wildman–Crippen MR) is 194 cm³/mol. The number of benzene rings is 8. The molecule has 10 aromatic rings. The number of aromatic nitrogens is 1. The summed E-state index contributed by atoms with van der Waals surface area (Å²) < 4.78 is 50.5. The van der Waals surface area contributed by atoms with E-state index in [0.29, 0.717) is 0 Å². The van der Waals surface area contributed by atoms with E-state index in [0.717, 1.165) is 87.5 Å². The zero-order valence-electron chi connectivity index (χ0n) is 29.6. The molecule has 0 radical (unpaired) electrons. The van der Waals surface area contributed by atoms with E-state index in [2.05, 4.69) is 84.9 Å². The summed E-state index contributed by atoms with van der Waals surface area (Å²) in [7, 11) is 0. The molecular formula is C44H27NO. The van der Waals surface area contributed by atoms with Crippen LogP contribution < -0.4 is 0 Å². The van der Waals surface area contributed by atoms with Crippen molar-refractivity contribution in [3.63, 3.8) is 0 Å². The first kappa shape index (κ1) is 20.8. The third-order valence-corrected chi connectivity index (χ3v) is 9.27. The highest BCUT2D eigenvalue weighted by Crippen LogP contribution is 2.46. The van der Waals surface area contributed by atoms with E-state index < -0.39 is 6.04 Å². The lowest BCUT2D eigenvalue weighted by Crippen LogP contribution is -1.93. The van der Waals surface area contributed by atoms with Gasteiger partial charge < -0.3 is 8.98 Å². The molecule has 0 fully saturated rings. The van der Waals surface area contributed by atoms with Gasteiger partial charge in [-0.25, -0.2) is 0 Å². The Morgan fingerprint density at radius 1 is 0.413 bits per heavy atom. The molecule has 0 aliphatic rings. The number of para-hydroxylation sites is 3. The smallest absolute Gasteiger partial charge is 0.135 e. The Hall–Kier alpha value is -6.12. The minimum atomic E-state index is -0.406. The summed E-state index contributed by atoms with van der Waals surface area (Å²) >= 11 is 0. The molecule has 0 amide bonds. The second kappa shape index (κ2) is 9.69. The lowest BCUT2D eigenvalue weighted by Gasteiger charge is -2.18. The van der Waals surface area contributed by atoms with Gasteiger partial charge in [0, 0.05) is 27.2 Å². The van der Waals surface area contributed by atoms with Crippen LogP contribution in [0.1, 0.15) is 6.85 Å². The van der Waals surface area contributed by atoms with Gasteiger partial charge in [0.15, 0.2) is 0 Å². The Balaban J connectivity index is 1.26. The molecular weight excluding hydrogens is 558 g/mol. The van der Waals surface area contributed by atoms with Gasteiger partial charge in [-0.1, -0.05) is 115 Å². The van der Waals surface area contributed by atoms with Crippen molar-refractivity contribution in [1.29, 1.82) is 0 Å². The van der Waals surface area contributed by atoms with Crippen LogP contribution in [0.15, 0.2) is 168 Å². The minimum absolute atomic E-state index is 0.141. The maximum Gasteiger partial charge on any atom is 0.135 e. The maximum atomic E-state index is 8.79. The zero-order valence-corrected chi connectivity index (χ0v) is 24.6. The van der Waals surface area contributed by atoms with Crippen LogP contribution >= 0.6 is 0 Å². The molecule has 2 aromatic heterocycles. The van der Waals surface area contributed by atoms with Gasteiger partial charge >= 0.3 is 0 Å². The molecule has 0 N–H and O–H groups in total. The van der Waals surface area contributed by atoms with Crippen molar-refractivity contribution in [1.82, 2.24) is 4.57 Å². The standard InChI is InChI=1S/C44H27NO/c1-2-12-30(13-3-1)45-39-20-10-8-14-31(39)37-26-28(22-24-40(37)45)43-33-16-4-6-18-35(33)44(36-19-7-5-17-34(36)43)29-23-25-42-38(27-29)32-15-9-11-21-41(32)46-42/h1-27H/i1D,2D,3D,12D,13D. The summed E-state index contributed by atoms with van der Waals surface area (Å²) in [6.07, 6.45) is 0. The van der Waals surface area contributed by atoms with Gasteiger partial charge in [-0.05, 0) is 92.3 Å². The molecule has 0 unspecified atom stereocenters. The number of rotatable bonds is 3.